The Labute approximate surface area is 299 Å². The molecule has 3 saturated carbocycles. The van der Waals surface area contributed by atoms with E-state index in [2.05, 4.69) is 84.0 Å². The van der Waals surface area contributed by atoms with Gasteiger partial charge in [0.1, 0.15) is 6.04 Å². The van der Waals surface area contributed by atoms with E-state index in [1.165, 1.54) is 12.5 Å². The Morgan fingerprint density at radius 2 is 1.82 bits per heavy atom. The Balaban J connectivity index is 1.45. The molecule has 0 radical (unpaired) electrons. The molecule has 5 aliphatic rings. The summed E-state index contributed by atoms with van der Waals surface area (Å²) >= 11 is 0. The van der Waals surface area contributed by atoms with Gasteiger partial charge in [-0.1, -0.05) is 79.1 Å². The predicted molar refractivity (Wildman–Crippen MR) is 192 cm³/mol. The fraction of sp³-hybridized carbons (Fsp3) is 0.872. The lowest BCUT2D eigenvalue weighted by Gasteiger charge is -2.71. The molecule has 1 unspecified atom stereocenters. The number of carboxylic acids is 1. The van der Waals surface area contributed by atoms with Gasteiger partial charge >= 0.3 is 5.97 Å². The lowest BCUT2D eigenvalue weighted by atomic mass is 9.34. The summed E-state index contributed by atoms with van der Waals surface area (Å²) in [4.78, 5) is 27.0. The lowest BCUT2D eigenvalue weighted by Crippen LogP contribution is -2.69. The number of hydrogen-bond acceptors (Lipinski definition) is 8. The van der Waals surface area contributed by atoms with E-state index in [0.29, 0.717) is 38.1 Å². The minimum Gasteiger partial charge on any atom is -0.481 e. The molecule has 11 nitrogen and oxygen atoms in total. The molecule has 0 aromatic carbocycles. The zero-order valence-electron chi connectivity index (χ0n) is 32.5. The van der Waals surface area contributed by atoms with Gasteiger partial charge in [-0.3, -0.25) is 14.9 Å². The maximum Gasteiger partial charge on any atom is 0.307 e. The molecule has 11 heteroatoms. The molecular formula is C39H64N6O5. The van der Waals surface area contributed by atoms with E-state index >= 15 is 0 Å². The van der Waals surface area contributed by atoms with Crippen LogP contribution in [0.4, 0.5) is 5.95 Å². The number of aromatic nitrogens is 4. The number of rotatable bonds is 9. The van der Waals surface area contributed by atoms with Crippen molar-refractivity contribution in [3.05, 3.63) is 11.6 Å². The Bertz CT molecular complexity index is 1520. The number of amides is 1. The van der Waals surface area contributed by atoms with E-state index in [1.807, 2.05) is 6.92 Å². The monoisotopic (exact) mass is 696 g/mol. The second kappa shape index (κ2) is 12.4. The van der Waals surface area contributed by atoms with Crippen LogP contribution in [0.2, 0.25) is 0 Å². The lowest BCUT2D eigenvalue weighted by molar-refractivity contribution is -0.253. The molecule has 1 aromatic heterocycles. The third-order valence-electron chi connectivity index (χ3n) is 16.0. The number of ether oxygens (including phenoxy) is 2. The molecule has 1 aliphatic heterocycles. The number of tetrazole rings is 1. The summed E-state index contributed by atoms with van der Waals surface area (Å²) in [6.45, 7) is 25.3. The maximum atomic E-state index is 13.5. The van der Waals surface area contributed by atoms with Crippen LogP contribution in [-0.4, -0.2) is 68.7 Å². The molecule has 1 amide bonds. The molecule has 4 fully saturated rings. The Hall–Kier alpha value is -2.37. The minimum absolute atomic E-state index is 0.176. The van der Waals surface area contributed by atoms with Crippen molar-refractivity contribution in [1.82, 2.24) is 20.2 Å². The highest BCUT2D eigenvalue weighted by Crippen LogP contribution is 2.75. The zero-order valence-corrected chi connectivity index (χ0v) is 32.5. The van der Waals surface area contributed by atoms with E-state index in [4.69, 9.17) is 20.3 Å². The first-order chi connectivity index (χ1) is 23.2. The van der Waals surface area contributed by atoms with Crippen LogP contribution in [0.1, 0.15) is 121 Å². The molecular weight excluding hydrogens is 632 g/mol. The number of hydrogen-bond donors (Lipinski definition) is 3. The van der Waals surface area contributed by atoms with Gasteiger partial charge < -0.3 is 20.3 Å². The van der Waals surface area contributed by atoms with E-state index in [9.17, 15) is 14.7 Å². The highest BCUT2D eigenvalue weighted by molar-refractivity contribution is 5.86. The van der Waals surface area contributed by atoms with Crippen LogP contribution in [-0.2, 0) is 19.1 Å². The average molecular weight is 697 g/mol. The Morgan fingerprint density at radius 1 is 1.12 bits per heavy atom. The van der Waals surface area contributed by atoms with Gasteiger partial charge in [0.25, 0.3) is 5.95 Å². The molecule has 12 atom stereocenters. The van der Waals surface area contributed by atoms with Crippen LogP contribution in [0.3, 0.4) is 0 Å². The van der Waals surface area contributed by atoms with Crippen LogP contribution in [0.15, 0.2) is 11.6 Å². The van der Waals surface area contributed by atoms with Gasteiger partial charge in [0.2, 0.25) is 5.91 Å². The molecule has 280 valence electrons. The molecule has 6 rings (SSSR count). The van der Waals surface area contributed by atoms with Gasteiger partial charge in [-0.25, -0.2) is 0 Å². The Morgan fingerprint density at radius 3 is 2.44 bits per heavy atom. The first-order valence-electron chi connectivity index (χ1n) is 19.2. The summed E-state index contributed by atoms with van der Waals surface area (Å²) in [6.07, 6.45) is 7.55. The molecule has 2 bridgehead atoms. The van der Waals surface area contributed by atoms with E-state index in [-0.39, 0.29) is 63.4 Å². The summed E-state index contributed by atoms with van der Waals surface area (Å²) in [7, 11) is 0. The number of carboxylic acid groups (broad SMARTS) is 1. The number of nitrogens with zero attached hydrogens (tertiary/aromatic N) is 4. The smallest absolute Gasteiger partial charge is 0.307 e. The SMILES string of the molecule is CC(=O)Nc1nnn([C@@H]2CC34COC[C@@](C)([C@@H]3CC[C@H]3C4=CC[C@@]4(C)[C@H](C(=O)O)[C@@](C)([C@H](C)C(C)C)CC[C@]34C)[C@H]2OC[C@](C)(N)C(C)C)n1. The molecule has 50 heavy (non-hydrogen) atoms. The quantitative estimate of drug-likeness (QED) is 0.245. The number of carbonyl (C=O) groups excluding carboxylic acids is 1. The largest absolute Gasteiger partial charge is 0.481 e. The highest BCUT2D eigenvalue weighted by atomic mass is 16.5. The predicted octanol–water partition coefficient (Wildman–Crippen LogP) is 6.52. The highest BCUT2D eigenvalue weighted by Gasteiger charge is 2.72. The van der Waals surface area contributed by atoms with Crippen molar-refractivity contribution in [2.24, 2.45) is 68.3 Å². The fourth-order valence-corrected chi connectivity index (χ4v) is 12.1. The molecule has 4 aliphatic carbocycles. The third kappa shape index (κ3) is 5.33. The van der Waals surface area contributed by atoms with Crippen LogP contribution in [0.25, 0.3) is 0 Å². The van der Waals surface area contributed by atoms with Gasteiger partial charge in [-0.15, -0.1) is 5.10 Å². The normalized spacial score (nSPS) is 42.8. The van der Waals surface area contributed by atoms with Crippen LogP contribution in [0, 0.1) is 62.6 Å². The second-order valence-corrected chi connectivity index (χ2v) is 19.1. The third-order valence-corrected chi connectivity index (χ3v) is 16.0. The second-order valence-electron chi connectivity index (χ2n) is 19.1. The minimum atomic E-state index is -0.649. The number of fused-ring (bicyclic) bond motifs is 3. The van der Waals surface area contributed by atoms with Crippen LogP contribution < -0.4 is 11.1 Å². The first kappa shape index (κ1) is 37.4. The van der Waals surface area contributed by atoms with Crippen LogP contribution in [0.5, 0.6) is 0 Å². The molecule has 1 aromatic rings. The number of anilines is 1. The van der Waals surface area contributed by atoms with Crippen molar-refractivity contribution < 1.29 is 24.2 Å². The van der Waals surface area contributed by atoms with Crippen molar-refractivity contribution in [2.75, 3.05) is 25.1 Å². The number of allylic oxidation sites excluding steroid dienone is 1. The van der Waals surface area contributed by atoms with E-state index < -0.39 is 22.8 Å². The van der Waals surface area contributed by atoms with Crippen molar-refractivity contribution in [3.63, 3.8) is 0 Å². The van der Waals surface area contributed by atoms with Gasteiger partial charge in [-0.2, -0.15) is 4.80 Å². The summed E-state index contributed by atoms with van der Waals surface area (Å²) in [5.74, 6) is 0.278. The van der Waals surface area contributed by atoms with Crippen LogP contribution >= 0.6 is 0 Å². The Kier molecular flexibility index (Phi) is 9.24. The summed E-state index contributed by atoms with van der Waals surface area (Å²) < 4.78 is 13.6. The maximum absolute atomic E-state index is 13.5. The average Bonchev–Trinajstić information content (AvgIpc) is 3.47. The van der Waals surface area contributed by atoms with Crippen molar-refractivity contribution in [1.29, 1.82) is 0 Å². The standard InChI is InChI=1S/C39H64N6O5/c1-22(2)24(5)34(7)16-17-36(9)26-12-13-29-35(8)19-49-21-39(29,27(26)14-15-37(36,10)30(34)32(47)48)18-28(31(35)50-20-38(11,40)23(3)4)45-43-33(42-44-45)41-25(6)46/h14,22-24,26,28-31H,12-13,15-21,40H2,1-11H3,(H,47,48)(H,41,43,46)/t24-,26+,28-,29+,30-,31+,34-,35+,36-,37+,38+,39?/m1/s1. The molecule has 2 heterocycles. The van der Waals surface area contributed by atoms with E-state index in [0.717, 1.165) is 32.1 Å². The van der Waals surface area contributed by atoms with Gasteiger partial charge in [0, 0.05) is 23.3 Å². The van der Waals surface area contributed by atoms with Crippen molar-refractivity contribution >= 4 is 17.8 Å². The summed E-state index contributed by atoms with van der Waals surface area (Å²) in [5.41, 5.74) is 6.16. The molecule has 4 N–H and O–H groups in total. The summed E-state index contributed by atoms with van der Waals surface area (Å²) in [6, 6.07) is -0.271. The van der Waals surface area contributed by atoms with E-state index in [1.54, 1.807) is 4.80 Å². The molecule has 1 saturated heterocycles. The van der Waals surface area contributed by atoms with Crippen molar-refractivity contribution in [2.45, 2.75) is 132 Å². The summed E-state index contributed by atoms with van der Waals surface area (Å²) in [5, 5.41) is 27.2. The number of carbonyl (C=O) groups is 2. The fourth-order valence-electron chi connectivity index (χ4n) is 12.1. The first-order valence-corrected chi connectivity index (χ1v) is 19.2. The molecule has 0 spiro atoms. The topological polar surface area (TPSA) is 154 Å². The van der Waals surface area contributed by atoms with Gasteiger partial charge in [-0.05, 0) is 96.5 Å². The van der Waals surface area contributed by atoms with Crippen molar-refractivity contribution in [3.8, 4) is 0 Å². The number of nitrogens with one attached hydrogen (secondary N) is 1. The van der Waals surface area contributed by atoms with Gasteiger partial charge in [0.15, 0.2) is 0 Å². The van der Waals surface area contributed by atoms with Gasteiger partial charge in [0.05, 0.1) is 31.8 Å². The zero-order chi connectivity index (χ0) is 36.8. The number of aliphatic carboxylic acids is 1. The number of nitrogens with two attached hydrogens (primary N) is 1.